The predicted molar refractivity (Wildman–Crippen MR) is 87.9 cm³/mol. The second-order valence-electron chi connectivity index (χ2n) is 7.39. The largest absolute Gasteiger partial charge is 0.391 e. The van der Waals surface area contributed by atoms with Gasteiger partial charge < -0.3 is 9.67 Å². The molecule has 0 amide bonds. The number of hydrogen-bond donors (Lipinski definition) is 1. The summed E-state index contributed by atoms with van der Waals surface area (Å²) in [7, 11) is 0. The summed E-state index contributed by atoms with van der Waals surface area (Å²) in [5.41, 5.74) is 4.48. The van der Waals surface area contributed by atoms with Gasteiger partial charge in [-0.15, -0.1) is 0 Å². The summed E-state index contributed by atoms with van der Waals surface area (Å²) in [6, 6.07) is 9.21. The van der Waals surface area contributed by atoms with E-state index >= 15 is 0 Å². The van der Waals surface area contributed by atoms with Crippen LogP contribution in [0.4, 0.5) is 0 Å². The van der Waals surface area contributed by atoms with Crippen molar-refractivity contribution in [3.8, 4) is 0 Å². The molecule has 1 aromatic carbocycles. The number of aliphatic hydroxyl groups excluding tert-OH is 1. The molecule has 2 aromatic rings. The van der Waals surface area contributed by atoms with Crippen molar-refractivity contribution in [1.82, 2.24) is 9.47 Å². The highest BCUT2D eigenvalue weighted by molar-refractivity contribution is 5.86. The smallest absolute Gasteiger partial charge is 0.0794 e. The van der Waals surface area contributed by atoms with Crippen molar-refractivity contribution >= 4 is 10.9 Å². The van der Waals surface area contributed by atoms with E-state index < -0.39 is 0 Å². The van der Waals surface area contributed by atoms with Gasteiger partial charge in [0.2, 0.25) is 0 Å². The minimum atomic E-state index is -0.223. The maximum atomic E-state index is 11.1. The molecule has 0 spiro atoms. The number of nitrogens with zero attached hydrogens (tertiary/aromatic N) is 2. The van der Waals surface area contributed by atoms with Crippen molar-refractivity contribution in [2.45, 2.75) is 51.3 Å². The Hall–Kier alpha value is -1.32. The first-order valence-electron chi connectivity index (χ1n) is 8.78. The average molecular weight is 296 g/mol. The molecule has 0 saturated carbocycles. The van der Waals surface area contributed by atoms with Gasteiger partial charge in [-0.1, -0.05) is 25.1 Å². The Kier molecular flexibility index (Phi) is 2.61. The van der Waals surface area contributed by atoms with Crippen molar-refractivity contribution in [1.29, 1.82) is 0 Å². The van der Waals surface area contributed by atoms with E-state index in [9.17, 15) is 5.11 Å². The predicted octanol–water partition coefficient (Wildman–Crippen LogP) is 3.11. The lowest BCUT2D eigenvalue weighted by Crippen LogP contribution is -2.58. The van der Waals surface area contributed by atoms with Crippen molar-refractivity contribution in [3.63, 3.8) is 0 Å². The quantitative estimate of drug-likeness (QED) is 0.876. The van der Waals surface area contributed by atoms with Gasteiger partial charge in [0.25, 0.3) is 0 Å². The lowest BCUT2D eigenvalue weighted by atomic mass is 9.63. The van der Waals surface area contributed by atoms with Crippen LogP contribution in [0.3, 0.4) is 0 Å². The van der Waals surface area contributed by atoms with E-state index in [4.69, 9.17) is 0 Å². The van der Waals surface area contributed by atoms with Crippen LogP contribution in [-0.4, -0.2) is 33.8 Å². The average Bonchev–Trinajstić information content (AvgIpc) is 2.89. The van der Waals surface area contributed by atoms with Crippen molar-refractivity contribution in [2.75, 3.05) is 13.1 Å². The molecule has 0 unspecified atom stereocenters. The fraction of sp³-hybridized carbons (Fsp3) is 0.579. The van der Waals surface area contributed by atoms with E-state index in [1.165, 1.54) is 36.0 Å². The zero-order valence-electron chi connectivity index (χ0n) is 13.3. The van der Waals surface area contributed by atoms with Gasteiger partial charge in [0, 0.05) is 35.1 Å². The third-order valence-electron chi connectivity index (χ3n) is 6.70. The second kappa shape index (κ2) is 4.36. The zero-order chi connectivity index (χ0) is 14.9. The van der Waals surface area contributed by atoms with Crippen LogP contribution in [0.15, 0.2) is 24.3 Å². The summed E-state index contributed by atoms with van der Waals surface area (Å²) in [6.07, 6.45) is 4.43. The number of para-hydroxylation sites is 1. The molecule has 1 N–H and O–H groups in total. The van der Waals surface area contributed by atoms with Gasteiger partial charge in [0.05, 0.1) is 12.1 Å². The van der Waals surface area contributed by atoms with Crippen LogP contribution in [0.25, 0.3) is 10.9 Å². The molecule has 3 nitrogen and oxygen atoms in total. The highest BCUT2D eigenvalue weighted by atomic mass is 16.3. The Morgan fingerprint density at radius 1 is 1.27 bits per heavy atom. The van der Waals surface area contributed by atoms with Crippen molar-refractivity contribution in [3.05, 3.63) is 35.5 Å². The van der Waals surface area contributed by atoms with Gasteiger partial charge in [0.15, 0.2) is 0 Å². The molecule has 22 heavy (non-hydrogen) atoms. The van der Waals surface area contributed by atoms with E-state index in [0.717, 1.165) is 25.9 Å². The topological polar surface area (TPSA) is 28.4 Å². The molecule has 0 aliphatic carbocycles. The molecule has 3 aliphatic rings. The summed E-state index contributed by atoms with van der Waals surface area (Å²) in [6.45, 7) is 5.40. The summed E-state index contributed by atoms with van der Waals surface area (Å²) in [5, 5.41) is 12.5. The second-order valence-corrected chi connectivity index (χ2v) is 7.39. The van der Waals surface area contributed by atoms with E-state index in [0.29, 0.717) is 6.04 Å². The first-order valence-corrected chi connectivity index (χ1v) is 8.78. The van der Waals surface area contributed by atoms with Gasteiger partial charge in [-0.2, -0.15) is 0 Å². The first kappa shape index (κ1) is 13.1. The number of aliphatic hydroxyl groups is 1. The van der Waals surface area contributed by atoms with Crippen LogP contribution in [0.1, 0.15) is 43.5 Å². The highest BCUT2D eigenvalue weighted by Crippen LogP contribution is 2.56. The lowest BCUT2D eigenvalue weighted by Gasteiger charge is -2.57. The van der Waals surface area contributed by atoms with Crippen LogP contribution in [0.2, 0.25) is 0 Å². The molecule has 5 rings (SSSR count). The lowest BCUT2D eigenvalue weighted by molar-refractivity contribution is -0.109. The molecule has 1 aromatic heterocycles. The van der Waals surface area contributed by atoms with Crippen LogP contribution in [-0.2, 0) is 13.0 Å². The number of benzene rings is 1. The number of hydrogen-bond acceptors (Lipinski definition) is 2. The Morgan fingerprint density at radius 3 is 3.00 bits per heavy atom. The minimum absolute atomic E-state index is 0.0673. The SMILES string of the molecule is CC[C@]12CCCN3CCc4c(n(c5ccccc45)C[C@@H]1O)[C@@H]32. The molecule has 4 heterocycles. The van der Waals surface area contributed by atoms with E-state index in [1.54, 1.807) is 5.56 Å². The summed E-state index contributed by atoms with van der Waals surface area (Å²) >= 11 is 0. The van der Waals surface area contributed by atoms with Crippen LogP contribution >= 0.6 is 0 Å². The molecule has 3 atom stereocenters. The number of rotatable bonds is 1. The molecule has 116 valence electrons. The van der Waals surface area contributed by atoms with Gasteiger partial charge in [0.1, 0.15) is 0 Å². The fourth-order valence-electron chi connectivity index (χ4n) is 5.66. The molecule has 0 bridgehead atoms. The summed E-state index contributed by atoms with van der Waals surface area (Å²) in [5.74, 6) is 0. The Bertz CT molecular complexity index is 749. The van der Waals surface area contributed by atoms with Gasteiger partial charge in [-0.25, -0.2) is 0 Å². The minimum Gasteiger partial charge on any atom is -0.391 e. The normalized spacial score (nSPS) is 33.9. The van der Waals surface area contributed by atoms with Crippen LogP contribution in [0.5, 0.6) is 0 Å². The van der Waals surface area contributed by atoms with Crippen molar-refractivity contribution < 1.29 is 5.11 Å². The van der Waals surface area contributed by atoms with E-state index in [-0.39, 0.29) is 11.5 Å². The van der Waals surface area contributed by atoms with Gasteiger partial charge >= 0.3 is 0 Å². The number of piperidine rings is 1. The Labute approximate surface area is 131 Å². The molecule has 3 aliphatic heterocycles. The number of fused-ring (bicyclic) bond motifs is 3. The van der Waals surface area contributed by atoms with Crippen LogP contribution < -0.4 is 0 Å². The summed E-state index contributed by atoms with van der Waals surface area (Å²) in [4.78, 5) is 2.66. The molecular weight excluding hydrogens is 272 g/mol. The monoisotopic (exact) mass is 296 g/mol. The van der Waals surface area contributed by atoms with Crippen LogP contribution in [0, 0.1) is 5.41 Å². The first-order chi connectivity index (χ1) is 10.8. The maximum Gasteiger partial charge on any atom is 0.0794 e. The highest BCUT2D eigenvalue weighted by Gasteiger charge is 2.54. The molecule has 1 saturated heterocycles. The third-order valence-corrected chi connectivity index (χ3v) is 6.70. The Morgan fingerprint density at radius 2 is 2.14 bits per heavy atom. The van der Waals surface area contributed by atoms with E-state index in [2.05, 4.69) is 40.7 Å². The summed E-state index contributed by atoms with van der Waals surface area (Å²) < 4.78 is 2.44. The molecular formula is C19H24N2O. The standard InChI is InChI=1S/C19H24N2O/c1-2-19-9-5-10-20-11-8-14-13-6-3-4-7-15(13)21(12-16(19)22)17(14)18(19)20/h3-4,6-7,16,18,22H,2,5,8-12H2,1H3/t16-,18+,19-/m0/s1. The zero-order valence-corrected chi connectivity index (χ0v) is 13.3. The van der Waals surface area contributed by atoms with Crippen molar-refractivity contribution in [2.24, 2.45) is 5.41 Å². The molecule has 0 radical (unpaired) electrons. The molecule has 1 fully saturated rings. The van der Waals surface area contributed by atoms with Gasteiger partial charge in [-0.3, -0.25) is 4.90 Å². The third kappa shape index (κ3) is 1.40. The fourth-order valence-corrected chi connectivity index (χ4v) is 5.66. The number of aromatic nitrogens is 1. The maximum absolute atomic E-state index is 11.1. The van der Waals surface area contributed by atoms with Gasteiger partial charge in [-0.05, 0) is 43.9 Å². The molecule has 3 heteroatoms. The Balaban J connectivity index is 1.84. The van der Waals surface area contributed by atoms with E-state index in [1.807, 2.05) is 0 Å².